The molecule has 0 amide bonds. The molecule has 3 aromatic rings. The number of anilines is 1. The van der Waals surface area contributed by atoms with Gasteiger partial charge in [-0.25, -0.2) is 9.18 Å². The molecule has 0 bridgehead atoms. The molecule has 0 radical (unpaired) electrons. The summed E-state index contributed by atoms with van der Waals surface area (Å²) < 4.78 is 28.5. The van der Waals surface area contributed by atoms with E-state index in [9.17, 15) is 18.8 Å². The molecule has 0 aliphatic heterocycles. The lowest BCUT2D eigenvalue weighted by molar-refractivity contribution is -0.144. The van der Waals surface area contributed by atoms with Gasteiger partial charge in [0.25, 0.3) is 0 Å². The van der Waals surface area contributed by atoms with Crippen LogP contribution < -0.4 is 16.2 Å². The zero-order valence-electron chi connectivity index (χ0n) is 18.0. The number of halogens is 1. The fourth-order valence-corrected chi connectivity index (χ4v) is 3.09. The smallest absolute Gasteiger partial charge is 0.328 e. The van der Waals surface area contributed by atoms with Crippen LogP contribution >= 0.6 is 0 Å². The third-order valence-corrected chi connectivity index (χ3v) is 4.49. The largest absolute Gasteiger partial charge is 0.466 e. The first-order valence-electron chi connectivity index (χ1n) is 10.2. The van der Waals surface area contributed by atoms with Gasteiger partial charge < -0.3 is 24.9 Å². The van der Waals surface area contributed by atoms with E-state index in [4.69, 9.17) is 19.9 Å². The second-order valence-corrected chi connectivity index (χ2v) is 6.92. The molecular weight excluding hydrogens is 437 g/mol. The molecule has 33 heavy (non-hydrogen) atoms. The Hall–Kier alpha value is -3.96. The summed E-state index contributed by atoms with van der Waals surface area (Å²) in [5.74, 6) is -0.941. The first-order valence-corrected chi connectivity index (χ1v) is 10.2. The van der Waals surface area contributed by atoms with Crippen LogP contribution in [0.5, 0.6) is 6.01 Å². The topological polar surface area (TPSA) is 151 Å². The molecule has 176 valence electrons. The van der Waals surface area contributed by atoms with E-state index in [0.29, 0.717) is 5.56 Å². The molecule has 3 rings (SSSR count). The maximum absolute atomic E-state index is 12.5. The number of carbonyl (C=O) groups is 2. The van der Waals surface area contributed by atoms with Crippen LogP contribution in [-0.4, -0.2) is 58.0 Å². The van der Waals surface area contributed by atoms with Gasteiger partial charge in [-0.05, 0) is 18.1 Å². The molecule has 11 nitrogen and oxygen atoms in total. The number of aromatic nitrogens is 4. The summed E-state index contributed by atoms with van der Waals surface area (Å²) in [6.45, 7) is 1.06. The van der Waals surface area contributed by atoms with E-state index in [1.165, 1.54) is 4.57 Å². The highest BCUT2D eigenvalue weighted by molar-refractivity contribution is 5.82. The maximum atomic E-state index is 12.5. The van der Waals surface area contributed by atoms with E-state index < -0.39 is 24.3 Å². The number of aromatic amines is 1. The summed E-state index contributed by atoms with van der Waals surface area (Å²) >= 11 is 0. The van der Waals surface area contributed by atoms with Crippen LogP contribution in [-0.2, 0) is 32.0 Å². The lowest BCUT2D eigenvalue weighted by atomic mass is 10.1. The summed E-state index contributed by atoms with van der Waals surface area (Å²) in [6, 6.07) is 6.90. The molecule has 1 aromatic carbocycles. The summed E-state index contributed by atoms with van der Waals surface area (Å²) in [5, 5.41) is 0. The first-order chi connectivity index (χ1) is 15.9. The molecule has 2 heterocycles. The number of fused-ring (bicyclic) bond motifs is 1. The van der Waals surface area contributed by atoms with Crippen LogP contribution in [0.1, 0.15) is 24.5 Å². The third kappa shape index (κ3) is 6.28. The van der Waals surface area contributed by atoms with Crippen LogP contribution in [0, 0.1) is 0 Å². The van der Waals surface area contributed by atoms with E-state index in [-0.39, 0.29) is 62.2 Å². The number of hydrogen-bond acceptors (Lipinski definition) is 9. The van der Waals surface area contributed by atoms with Crippen molar-refractivity contribution >= 4 is 28.9 Å². The molecule has 0 spiro atoms. The van der Waals surface area contributed by atoms with Gasteiger partial charge in [-0.2, -0.15) is 9.97 Å². The van der Waals surface area contributed by atoms with Crippen molar-refractivity contribution in [1.82, 2.24) is 19.5 Å². The van der Waals surface area contributed by atoms with Crippen molar-refractivity contribution < 1.29 is 28.2 Å². The number of H-pyrrole nitrogens is 1. The Morgan fingerprint density at radius 2 is 1.94 bits per heavy atom. The monoisotopic (exact) mass is 461 g/mol. The number of carbonyl (C=O) groups excluding carboxylic acids is 2. The van der Waals surface area contributed by atoms with Gasteiger partial charge >= 0.3 is 23.6 Å². The van der Waals surface area contributed by atoms with Crippen molar-refractivity contribution in [2.45, 2.75) is 26.3 Å². The van der Waals surface area contributed by atoms with E-state index in [1.807, 2.05) is 0 Å². The zero-order valence-corrected chi connectivity index (χ0v) is 18.0. The fraction of sp³-hybridized carbons (Fsp3) is 0.381. The SMILES string of the molecule is CCOC(=O)CCOc1nc(N)c2[nH]c(=O)n(Cc3cccc(CC(=O)OCCF)c3)c2n1. The highest BCUT2D eigenvalue weighted by Crippen LogP contribution is 2.19. The molecule has 0 aliphatic carbocycles. The standard InChI is InChI=1S/C21H24FN5O6/c1-2-31-15(28)6-8-33-20-25-18(23)17-19(26-20)27(21(30)24-17)12-14-5-3-4-13(10-14)11-16(29)32-9-7-22/h3-5,10H,2,6-9,11-12H2,1H3,(H,24,30)(H2,23,25,26). The summed E-state index contributed by atoms with van der Waals surface area (Å²) in [6.07, 6.45) is -0.0141. The quantitative estimate of drug-likeness (QED) is 0.400. The van der Waals surface area contributed by atoms with Gasteiger partial charge in [0.1, 0.15) is 25.4 Å². The van der Waals surface area contributed by atoms with Gasteiger partial charge in [-0.1, -0.05) is 24.3 Å². The van der Waals surface area contributed by atoms with Gasteiger partial charge in [0.2, 0.25) is 0 Å². The molecule has 0 unspecified atom stereocenters. The number of nitrogens with two attached hydrogens (primary N) is 1. The number of alkyl halides is 1. The molecule has 12 heteroatoms. The average Bonchev–Trinajstić information content (AvgIpc) is 3.08. The van der Waals surface area contributed by atoms with E-state index >= 15 is 0 Å². The molecule has 0 aliphatic rings. The van der Waals surface area contributed by atoms with Crippen LogP contribution in [0.4, 0.5) is 10.2 Å². The van der Waals surface area contributed by atoms with Gasteiger partial charge in [0, 0.05) is 0 Å². The Balaban J connectivity index is 1.79. The normalized spacial score (nSPS) is 10.8. The minimum absolute atomic E-state index is 0.00956. The molecular formula is C21H24FN5O6. The van der Waals surface area contributed by atoms with Gasteiger partial charge in [-0.3, -0.25) is 14.2 Å². The van der Waals surface area contributed by atoms with Crippen molar-refractivity contribution in [2.24, 2.45) is 0 Å². The fourth-order valence-electron chi connectivity index (χ4n) is 3.09. The Morgan fingerprint density at radius 1 is 1.15 bits per heavy atom. The predicted molar refractivity (Wildman–Crippen MR) is 115 cm³/mol. The van der Waals surface area contributed by atoms with Crippen molar-refractivity contribution in [3.8, 4) is 6.01 Å². The Labute approximate surface area is 187 Å². The summed E-state index contributed by atoms with van der Waals surface area (Å²) in [4.78, 5) is 46.6. The van der Waals surface area contributed by atoms with E-state index in [0.717, 1.165) is 5.56 Å². The van der Waals surface area contributed by atoms with Crippen LogP contribution in [0.3, 0.4) is 0 Å². The number of imidazole rings is 1. The number of nitrogens with zero attached hydrogens (tertiary/aromatic N) is 3. The van der Waals surface area contributed by atoms with Gasteiger partial charge in [0.15, 0.2) is 11.5 Å². The molecule has 2 aromatic heterocycles. The molecule has 3 N–H and O–H groups in total. The lowest BCUT2D eigenvalue weighted by Crippen LogP contribution is -2.18. The van der Waals surface area contributed by atoms with Crippen LogP contribution in [0.15, 0.2) is 29.1 Å². The third-order valence-electron chi connectivity index (χ3n) is 4.49. The number of nitrogen functional groups attached to an aromatic ring is 1. The van der Waals surface area contributed by atoms with Crippen molar-refractivity contribution in [3.05, 3.63) is 45.9 Å². The lowest BCUT2D eigenvalue weighted by Gasteiger charge is -2.08. The number of rotatable bonds is 11. The highest BCUT2D eigenvalue weighted by Gasteiger charge is 2.16. The van der Waals surface area contributed by atoms with Crippen molar-refractivity contribution in [2.75, 3.05) is 32.2 Å². The number of nitrogens with one attached hydrogen (secondary N) is 1. The minimum Gasteiger partial charge on any atom is -0.466 e. The maximum Gasteiger partial charge on any atom is 0.328 e. The Morgan fingerprint density at radius 3 is 2.70 bits per heavy atom. The first kappa shape index (κ1) is 23.7. The Bertz CT molecular complexity index is 1190. The number of hydrogen-bond donors (Lipinski definition) is 2. The zero-order chi connectivity index (χ0) is 23.8. The summed E-state index contributed by atoms with van der Waals surface area (Å²) in [7, 11) is 0. The number of ether oxygens (including phenoxy) is 3. The minimum atomic E-state index is -0.741. The second kappa shape index (κ2) is 11.1. The number of benzene rings is 1. The van der Waals surface area contributed by atoms with Gasteiger partial charge in [0.05, 0.1) is 26.0 Å². The van der Waals surface area contributed by atoms with E-state index in [1.54, 1.807) is 31.2 Å². The average molecular weight is 461 g/mol. The van der Waals surface area contributed by atoms with Crippen LogP contribution in [0.25, 0.3) is 11.2 Å². The molecule has 0 saturated heterocycles. The molecule has 0 saturated carbocycles. The van der Waals surface area contributed by atoms with Gasteiger partial charge in [-0.15, -0.1) is 0 Å². The van der Waals surface area contributed by atoms with Crippen molar-refractivity contribution in [1.29, 1.82) is 0 Å². The predicted octanol–water partition coefficient (Wildman–Crippen LogP) is 1.14. The second-order valence-electron chi connectivity index (χ2n) is 6.92. The number of esters is 2. The summed E-state index contributed by atoms with van der Waals surface area (Å²) in [5.41, 5.74) is 7.34. The highest BCUT2D eigenvalue weighted by atomic mass is 19.1. The van der Waals surface area contributed by atoms with Crippen molar-refractivity contribution in [3.63, 3.8) is 0 Å². The Kier molecular flexibility index (Phi) is 7.95. The molecule has 0 fully saturated rings. The van der Waals surface area contributed by atoms with E-state index in [2.05, 4.69) is 15.0 Å². The molecule has 0 atom stereocenters. The van der Waals surface area contributed by atoms with Crippen LogP contribution in [0.2, 0.25) is 0 Å².